The third kappa shape index (κ3) is 3.07. The molecule has 3 aromatic rings. The standard InChI is InChI=1S/C17H18N4O2S/c1-3-21(9-6-12-4-7-18-8-5-12)15-13-11(2)14(17(22)23)24-16(13)20-10-19-15/h4-5,7-8,10H,3,6,9H2,1-2H3,(H,22,23). The molecule has 0 amide bonds. The summed E-state index contributed by atoms with van der Waals surface area (Å²) in [6.45, 7) is 5.48. The van der Waals surface area contributed by atoms with Crippen molar-refractivity contribution in [3.05, 3.63) is 46.9 Å². The molecule has 3 heterocycles. The fraction of sp³-hybridized carbons (Fsp3) is 0.294. The molecular weight excluding hydrogens is 324 g/mol. The zero-order valence-electron chi connectivity index (χ0n) is 13.6. The highest BCUT2D eigenvalue weighted by Crippen LogP contribution is 2.34. The van der Waals surface area contributed by atoms with Gasteiger partial charge in [0.05, 0.1) is 5.39 Å². The van der Waals surface area contributed by atoms with Gasteiger partial charge in [-0.3, -0.25) is 4.98 Å². The number of nitrogens with zero attached hydrogens (tertiary/aromatic N) is 4. The van der Waals surface area contributed by atoms with Crippen molar-refractivity contribution in [3.63, 3.8) is 0 Å². The van der Waals surface area contributed by atoms with Gasteiger partial charge in [0.2, 0.25) is 0 Å². The first-order valence-electron chi connectivity index (χ1n) is 7.73. The van der Waals surface area contributed by atoms with Crippen LogP contribution < -0.4 is 4.90 Å². The monoisotopic (exact) mass is 342 g/mol. The van der Waals surface area contributed by atoms with Gasteiger partial charge in [-0.15, -0.1) is 11.3 Å². The largest absolute Gasteiger partial charge is 0.477 e. The molecule has 0 spiro atoms. The lowest BCUT2D eigenvalue weighted by molar-refractivity contribution is 0.0701. The van der Waals surface area contributed by atoms with Crippen LogP contribution in [0.15, 0.2) is 30.9 Å². The minimum absolute atomic E-state index is 0.330. The maximum absolute atomic E-state index is 11.4. The van der Waals surface area contributed by atoms with Crippen LogP contribution in [0.3, 0.4) is 0 Å². The van der Waals surface area contributed by atoms with Gasteiger partial charge in [0.1, 0.15) is 21.9 Å². The summed E-state index contributed by atoms with van der Waals surface area (Å²) in [5, 5.41) is 10.2. The molecule has 124 valence electrons. The van der Waals surface area contributed by atoms with Crippen molar-refractivity contribution in [3.8, 4) is 0 Å². The van der Waals surface area contributed by atoms with E-state index in [4.69, 9.17) is 0 Å². The van der Waals surface area contributed by atoms with Crippen LogP contribution in [0.1, 0.15) is 27.7 Å². The van der Waals surface area contributed by atoms with E-state index in [-0.39, 0.29) is 0 Å². The second kappa shape index (κ2) is 6.92. The Balaban J connectivity index is 1.95. The summed E-state index contributed by atoms with van der Waals surface area (Å²) in [4.78, 5) is 27.3. The molecule has 0 unspecified atom stereocenters. The number of hydrogen-bond acceptors (Lipinski definition) is 6. The highest BCUT2D eigenvalue weighted by molar-refractivity contribution is 7.20. The van der Waals surface area contributed by atoms with E-state index in [2.05, 4.69) is 26.8 Å². The van der Waals surface area contributed by atoms with Gasteiger partial charge in [-0.25, -0.2) is 14.8 Å². The summed E-state index contributed by atoms with van der Waals surface area (Å²) in [5.41, 5.74) is 1.95. The number of anilines is 1. The number of carboxylic acids is 1. The van der Waals surface area contributed by atoms with Gasteiger partial charge in [-0.2, -0.15) is 0 Å². The van der Waals surface area contributed by atoms with Crippen molar-refractivity contribution in [1.29, 1.82) is 0 Å². The van der Waals surface area contributed by atoms with Crippen LogP contribution in [0.5, 0.6) is 0 Å². The van der Waals surface area contributed by atoms with Gasteiger partial charge in [-0.1, -0.05) is 0 Å². The minimum atomic E-state index is -0.915. The molecule has 0 saturated carbocycles. The van der Waals surface area contributed by atoms with E-state index in [9.17, 15) is 9.90 Å². The Kier molecular flexibility index (Phi) is 4.71. The smallest absolute Gasteiger partial charge is 0.346 e. The number of aromatic carboxylic acids is 1. The van der Waals surface area contributed by atoms with Gasteiger partial charge in [0.25, 0.3) is 0 Å². The first-order chi connectivity index (χ1) is 11.6. The van der Waals surface area contributed by atoms with Crippen molar-refractivity contribution < 1.29 is 9.90 Å². The number of fused-ring (bicyclic) bond motifs is 1. The lowest BCUT2D eigenvalue weighted by Gasteiger charge is -2.22. The lowest BCUT2D eigenvalue weighted by Crippen LogP contribution is -2.26. The molecule has 0 aliphatic heterocycles. The number of rotatable bonds is 6. The highest BCUT2D eigenvalue weighted by Gasteiger charge is 2.20. The van der Waals surface area contributed by atoms with E-state index < -0.39 is 5.97 Å². The predicted octanol–water partition coefficient (Wildman–Crippen LogP) is 3.16. The molecular formula is C17H18N4O2S. The Morgan fingerprint density at radius 2 is 2.04 bits per heavy atom. The minimum Gasteiger partial charge on any atom is -0.477 e. The molecule has 0 atom stereocenters. The summed E-state index contributed by atoms with van der Waals surface area (Å²) in [6.07, 6.45) is 5.96. The van der Waals surface area contributed by atoms with E-state index >= 15 is 0 Å². The van der Waals surface area contributed by atoms with Crippen LogP contribution in [0, 0.1) is 6.92 Å². The molecule has 1 N–H and O–H groups in total. The number of carbonyl (C=O) groups is 1. The maximum atomic E-state index is 11.4. The van der Waals surface area contributed by atoms with Crippen molar-refractivity contribution in [2.45, 2.75) is 20.3 Å². The fourth-order valence-electron chi connectivity index (χ4n) is 2.72. The number of hydrogen-bond donors (Lipinski definition) is 1. The molecule has 0 aliphatic carbocycles. The highest BCUT2D eigenvalue weighted by atomic mass is 32.1. The first kappa shape index (κ1) is 16.3. The Morgan fingerprint density at radius 1 is 1.29 bits per heavy atom. The van der Waals surface area contributed by atoms with Crippen molar-refractivity contribution in [2.75, 3.05) is 18.0 Å². The average Bonchev–Trinajstić information content (AvgIpc) is 2.94. The van der Waals surface area contributed by atoms with Crippen molar-refractivity contribution >= 4 is 33.3 Å². The Labute approximate surface area is 143 Å². The molecule has 3 aromatic heterocycles. The third-order valence-corrected chi connectivity index (χ3v) is 5.19. The van der Waals surface area contributed by atoms with Crippen LogP contribution in [0.4, 0.5) is 5.82 Å². The number of pyridine rings is 1. The number of carboxylic acid groups (broad SMARTS) is 1. The molecule has 0 bridgehead atoms. The van der Waals surface area contributed by atoms with E-state index in [1.165, 1.54) is 23.2 Å². The van der Waals surface area contributed by atoms with E-state index in [0.29, 0.717) is 4.88 Å². The van der Waals surface area contributed by atoms with Gasteiger partial charge < -0.3 is 10.0 Å². The summed E-state index contributed by atoms with van der Waals surface area (Å²) in [7, 11) is 0. The van der Waals surface area contributed by atoms with E-state index in [1.54, 1.807) is 12.4 Å². The normalized spacial score (nSPS) is 10.9. The molecule has 0 radical (unpaired) electrons. The molecule has 0 fully saturated rings. The number of likely N-dealkylation sites (N-methyl/N-ethyl adjacent to an activating group) is 1. The Morgan fingerprint density at radius 3 is 2.71 bits per heavy atom. The molecule has 6 nitrogen and oxygen atoms in total. The number of aromatic nitrogens is 3. The van der Waals surface area contributed by atoms with Gasteiger partial charge in [0, 0.05) is 25.5 Å². The Hall–Kier alpha value is -2.54. The lowest BCUT2D eigenvalue weighted by atomic mass is 10.1. The predicted molar refractivity (Wildman–Crippen MR) is 94.9 cm³/mol. The molecule has 24 heavy (non-hydrogen) atoms. The summed E-state index contributed by atoms with van der Waals surface area (Å²) < 4.78 is 0. The zero-order chi connectivity index (χ0) is 17.1. The van der Waals surface area contributed by atoms with Crippen LogP contribution in [0.2, 0.25) is 0 Å². The maximum Gasteiger partial charge on any atom is 0.346 e. The average molecular weight is 342 g/mol. The van der Waals surface area contributed by atoms with Gasteiger partial charge in [-0.05, 0) is 43.5 Å². The van der Waals surface area contributed by atoms with Gasteiger partial charge in [0.15, 0.2) is 0 Å². The van der Waals surface area contributed by atoms with Gasteiger partial charge >= 0.3 is 5.97 Å². The van der Waals surface area contributed by atoms with Crippen molar-refractivity contribution in [1.82, 2.24) is 15.0 Å². The van der Waals surface area contributed by atoms with Crippen LogP contribution >= 0.6 is 11.3 Å². The van der Waals surface area contributed by atoms with Crippen molar-refractivity contribution in [2.24, 2.45) is 0 Å². The molecule has 0 aliphatic rings. The topological polar surface area (TPSA) is 79.2 Å². The number of thiophene rings is 1. The summed E-state index contributed by atoms with van der Waals surface area (Å²) in [6, 6.07) is 4.00. The van der Waals surface area contributed by atoms with E-state index in [1.807, 2.05) is 19.1 Å². The SMILES string of the molecule is CCN(CCc1ccncc1)c1ncnc2sc(C(=O)O)c(C)c12. The third-order valence-electron chi connectivity index (χ3n) is 4.00. The molecule has 0 aromatic carbocycles. The quantitative estimate of drug-likeness (QED) is 0.741. The first-order valence-corrected chi connectivity index (χ1v) is 8.54. The van der Waals surface area contributed by atoms with Crippen LogP contribution in [0.25, 0.3) is 10.2 Å². The molecule has 3 rings (SSSR count). The van der Waals surface area contributed by atoms with E-state index in [0.717, 1.165) is 41.1 Å². The fourth-order valence-corrected chi connectivity index (χ4v) is 3.71. The Bertz CT molecular complexity index is 864. The summed E-state index contributed by atoms with van der Waals surface area (Å²) in [5.74, 6) is -0.112. The summed E-state index contributed by atoms with van der Waals surface area (Å²) >= 11 is 1.20. The zero-order valence-corrected chi connectivity index (χ0v) is 14.4. The molecule has 0 saturated heterocycles. The number of aryl methyl sites for hydroxylation is 1. The second-order valence-electron chi connectivity index (χ2n) is 5.42. The second-order valence-corrected chi connectivity index (χ2v) is 6.42. The van der Waals surface area contributed by atoms with Crippen LogP contribution in [-0.4, -0.2) is 39.1 Å². The molecule has 7 heteroatoms. The van der Waals surface area contributed by atoms with Crippen LogP contribution in [-0.2, 0) is 6.42 Å².